The van der Waals surface area contributed by atoms with E-state index in [1.54, 1.807) is 57.3 Å². The minimum absolute atomic E-state index is 0.0653. The lowest BCUT2D eigenvalue weighted by Crippen LogP contribution is -2.70. The fourth-order valence-electron chi connectivity index (χ4n) is 5.36. The van der Waals surface area contributed by atoms with Crippen molar-refractivity contribution in [1.29, 1.82) is 0 Å². The number of sulfonamides is 1. The van der Waals surface area contributed by atoms with Crippen LogP contribution in [-0.4, -0.2) is 86.5 Å². The zero-order valence-corrected chi connectivity index (χ0v) is 28.3. The Kier molecular flexibility index (Phi) is 11.5. The zero-order valence-electron chi connectivity index (χ0n) is 27.4. The number of carboxylic acid groups (broad SMARTS) is 2. The first-order valence-electron chi connectivity index (χ1n) is 15.2. The highest BCUT2D eigenvalue weighted by atomic mass is 32.2. The summed E-state index contributed by atoms with van der Waals surface area (Å²) in [7, 11) is -4.53. The zero-order chi connectivity index (χ0) is 37.6. The summed E-state index contributed by atoms with van der Waals surface area (Å²) in [5.74, 6) is -4.79. The van der Waals surface area contributed by atoms with Gasteiger partial charge in [-0.25, -0.2) is 23.0 Å². The molecule has 3 aromatic carbocycles. The van der Waals surface area contributed by atoms with E-state index in [4.69, 9.17) is 9.90 Å². The van der Waals surface area contributed by atoms with Crippen molar-refractivity contribution in [1.82, 2.24) is 29.8 Å². The molecule has 0 radical (unpaired) electrons. The van der Waals surface area contributed by atoms with Crippen LogP contribution < -0.4 is 10.0 Å². The van der Waals surface area contributed by atoms with E-state index in [-0.39, 0.29) is 23.0 Å². The minimum atomic E-state index is -5.08. The van der Waals surface area contributed by atoms with Crippen LogP contribution in [0.15, 0.2) is 84.1 Å². The maximum Gasteiger partial charge on any atom is 0.490 e. The Morgan fingerprint density at radius 1 is 0.941 bits per heavy atom. The average molecular weight is 730 g/mol. The quantitative estimate of drug-likeness (QED) is 0.0954. The predicted octanol–water partition coefficient (Wildman–Crippen LogP) is 4.93. The molecule has 270 valence electrons. The summed E-state index contributed by atoms with van der Waals surface area (Å²) in [4.78, 5) is 44.2. The lowest BCUT2D eigenvalue weighted by atomic mass is 10.0. The number of halogens is 3. The third-order valence-corrected chi connectivity index (χ3v) is 9.37. The number of imidazole rings is 1. The molecule has 0 saturated heterocycles. The molecular weight excluding hydrogens is 695 g/mol. The van der Waals surface area contributed by atoms with E-state index in [1.807, 2.05) is 30.3 Å². The second-order valence-corrected chi connectivity index (χ2v) is 12.9. The van der Waals surface area contributed by atoms with Gasteiger partial charge in [0.05, 0.1) is 23.2 Å². The van der Waals surface area contributed by atoms with Crippen LogP contribution in [0.2, 0.25) is 0 Å². The van der Waals surface area contributed by atoms with Gasteiger partial charge in [-0.1, -0.05) is 49.4 Å². The number of fused-ring (bicyclic) bond motifs is 1. The molecule has 51 heavy (non-hydrogen) atoms. The number of hydrogen-bond acceptors (Lipinski definition) is 8. The molecule has 6 N–H and O–H groups in total. The van der Waals surface area contributed by atoms with E-state index < -0.39 is 46.3 Å². The number of aromatic amines is 2. The number of benzene rings is 3. The number of amides is 1. The van der Waals surface area contributed by atoms with Crippen molar-refractivity contribution in [2.45, 2.75) is 43.9 Å². The van der Waals surface area contributed by atoms with Gasteiger partial charge in [0.25, 0.3) is 5.91 Å². The van der Waals surface area contributed by atoms with E-state index in [0.717, 1.165) is 16.0 Å². The van der Waals surface area contributed by atoms with Gasteiger partial charge in [-0.3, -0.25) is 9.89 Å². The Morgan fingerprint density at radius 2 is 1.59 bits per heavy atom. The number of nitrogens with one attached hydrogen (secondary N) is 4. The fourth-order valence-corrected chi connectivity index (χ4v) is 7.14. The molecule has 0 fully saturated rings. The number of carbonyl (C=O) groups excluding carboxylic acids is 1. The molecule has 2 heterocycles. The Balaban J connectivity index is 0.000000755. The molecule has 14 nitrogen and oxygen atoms in total. The fraction of sp³-hybridized carbons (Fsp3) is 0.242. The number of aromatic nitrogens is 4. The molecule has 0 saturated carbocycles. The molecule has 5 aromatic rings. The van der Waals surface area contributed by atoms with Gasteiger partial charge in [0.15, 0.2) is 5.95 Å². The van der Waals surface area contributed by atoms with Crippen LogP contribution in [0.4, 0.5) is 19.1 Å². The minimum Gasteiger partial charge on any atom is -0.478 e. The third-order valence-electron chi connectivity index (χ3n) is 7.59. The maximum atomic E-state index is 14.2. The Hall–Kier alpha value is -5.75. The van der Waals surface area contributed by atoms with Crippen molar-refractivity contribution in [3.05, 3.63) is 95.9 Å². The van der Waals surface area contributed by atoms with Gasteiger partial charge in [-0.2, -0.15) is 23.0 Å². The Bertz CT molecular complexity index is 2100. The van der Waals surface area contributed by atoms with Crippen LogP contribution in [0, 0.1) is 13.8 Å². The topological polar surface area (TPSA) is 210 Å². The lowest BCUT2D eigenvalue weighted by molar-refractivity contribution is -0.192. The van der Waals surface area contributed by atoms with Crippen molar-refractivity contribution in [3.63, 3.8) is 0 Å². The third kappa shape index (κ3) is 8.71. The highest BCUT2D eigenvalue weighted by Gasteiger charge is 2.50. The number of carbonyl (C=O) groups is 3. The number of hydrogen-bond donors (Lipinski definition) is 6. The Morgan fingerprint density at radius 3 is 2.14 bits per heavy atom. The molecule has 0 aliphatic heterocycles. The van der Waals surface area contributed by atoms with Gasteiger partial charge in [0.1, 0.15) is 0 Å². The normalized spacial score (nSPS) is 12.7. The molecule has 2 aromatic heterocycles. The predicted molar refractivity (Wildman–Crippen MR) is 180 cm³/mol. The average Bonchev–Trinajstić information content (AvgIpc) is 3.77. The van der Waals surface area contributed by atoms with E-state index in [2.05, 4.69) is 30.2 Å². The molecule has 5 rings (SSSR count). The summed E-state index contributed by atoms with van der Waals surface area (Å²) >= 11 is 0. The summed E-state index contributed by atoms with van der Waals surface area (Å²) in [6.07, 6.45) is -0.191. The molecule has 18 heteroatoms. The van der Waals surface area contributed by atoms with Crippen molar-refractivity contribution in [3.8, 4) is 11.1 Å². The Labute approximate surface area is 289 Å². The SMILES string of the molecule is CCCN(C(=O)c1ccc2[nH]ncc2c1)[C@@](CNc1ncc[nH]1)(NS(=O)(=O)c1c(C)cc(-c2ccccc2)cc1C)C(=O)O.O=C(O)C(F)(F)F. The first kappa shape index (κ1) is 38.1. The number of H-pyrrole nitrogens is 2. The van der Waals surface area contributed by atoms with Crippen LogP contribution in [-0.2, 0) is 19.6 Å². The molecule has 0 aliphatic rings. The smallest absolute Gasteiger partial charge is 0.478 e. The van der Waals surface area contributed by atoms with Crippen molar-refractivity contribution in [2.24, 2.45) is 0 Å². The van der Waals surface area contributed by atoms with Gasteiger partial charge in [-0.05, 0) is 60.7 Å². The van der Waals surface area contributed by atoms with Gasteiger partial charge in [-0.15, -0.1) is 0 Å². The van der Waals surface area contributed by atoms with E-state index in [0.29, 0.717) is 28.5 Å². The van der Waals surface area contributed by atoms with E-state index in [1.165, 1.54) is 12.4 Å². The van der Waals surface area contributed by atoms with Crippen LogP contribution >= 0.6 is 0 Å². The second-order valence-electron chi connectivity index (χ2n) is 11.3. The van der Waals surface area contributed by atoms with E-state index in [9.17, 15) is 36.3 Å². The first-order valence-corrected chi connectivity index (χ1v) is 16.7. The van der Waals surface area contributed by atoms with Crippen molar-refractivity contribution >= 4 is 44.7 Å². The van der Waals surface area contributed by atoms with Gasteiger partial charge >= 0.3 is 18.1 Å². The molecule has 1 atom stereocenters. The van der Waals surface area contributed by atoms with E-state index >= 15 is 0 Å². The van der Waals surface area contributed by atoms with Crippen LogP contribution in [0.1, 0.15) is 34.8 Å². The molecular formula is C33H34F3N7O7S. The summed E-state index contributed by atoms with van der Waals surface area (Å²) in [5, 5.41) is 28.3. The number of nitrogens with zero attached hydrogens (tertiary/aromatic N) is 3. The molecule has 1 amide bonds. The maximum absolute atomic E-state index is 14.2. The van der Waals surface area contributed by atoms with Crippen LogP contribution in [0.25, 0.3) is 22.0 Å². The summed E-state index contributed by atoms with van der Waals surface area (Å²) < 4.78 is 62.7. The molecule has 0 aliphatic carbocycles. The number of alkyl halides is 3. The molecule has 0 unspecified atom stereocenters. The summed E-state index contributed by atoms with van der Waals surface area (Å²) in [6, 6.07) is 17.8. The van der Waals surface area contributed by atoms with Gasteiger partial charge in [0, 0.05) is 29.9 Å². The van der Waals surface area contributed by atoms with Crippen LogP contribution in [0.3, 0.4) is 0 Å². The van der Waals surface area contributed by atoms with Gasteiger partial charge in [0.2, 0.25) is 15.7 Å². The number of anilines is 1. The highest BCUT2D eigenvalue weighted by Crippen LogP contribution is 2.30. The number of rotatable bonds is 12. The summed E-state index contributed by atoms with van der Waals surface area (Å²) in [6.45, 7) is 4.49. The summed E-state index contributed by atoms with van der Waals surface area (Å²) in [5.41, 5.74) is 0.990. The number of aryl methyl sites for hydroxylation is 2. The lowest BCUT2D eigenvalue weighted by Gasteiger charge is -2.41. The molecule has 0 spiro atoms. The largest absolute Gasteiger partial charge is 0.490 e. The van der Waals surface area contributed by atoms with Crippen LogP contribution in [0.5, 0.6) is 0 Å². The molecule has 0 bridgehead atoms. The monoisotopic (exact) mass is 729 g/mol. The van der Waals surface area contributed by atoms with Gasteiger partial charge < -0.3 is 25.4 Å². The van der Waals surface area contributed by atoms with Crippen molar-refractivity contribution < 1.29 is 46.2 Å². The first-order chi connectivity index (χ1) is 24.0. The number of aliphatic carboxylic acids is 2. The van der Waals surface area contributed by atoms with Crippen molar-refractivity contribution in [2.75, 3.05) is 18.4 Å². The number of carboxylic acids is 2. The second kappa shape index (κ2) is 15.4. The standard InChI is InChI=1S/C31H33N7O5S.C2HF3O2/c1-4-14-38(28(39)23-10-11-26-25(17-23)18-35-36-26)31(29(40)41,19-34-30-32-12-13-33-30)37-44(42,43)27-20(2)15-24(16-21(27)3)22-8-6-5-7-9-22;3-2(4,5)1(6)7/h5-13,15-18,37H,4,14,19H2,1-3H3,(H,35,36)(H,40,41)(H2,32,33,34);(H,6,7)/t31-;/m1./s1. The highest BCUT2D eigenvalue weighted by molar-refractivity contribution is 7.89.